The van der Waals surface area contributed by atoms with Gasteiger partial charge in [0.25, 0.3) is 0 Å². The van der Waals surface area contributed by atoms with E-state index in [0.717, 1.165) is 0 Å². The zero-order valence-electron chi connectivity index (χ0n) is 5.73. The van der Waals surface area contributed by atoms with Gasteiger partial charge in [-0.15, -0.1) is 0 Å². The Morgan fingerprint density at radius 2 is 2.10 bits per heavy atom. The van der Waals surface area contributed by atoms with E-state index >= 15 is 0 Å². The van der Waals surface area contributed by atoms with E-state index in [9.17, 15) is 5.11 Å². The molecule has 4 unspecified atom stereocenters. The molecule has 3 fully saturated rings. The number of aliphatic hydroxyl groups excluding tert-OH is 1. The van der Waals surface area contributed by atoms with E-state index in [1.807, 2.05) is 0 Å². The van der Waals surface area contributed by atoms with Crippen LogP contribution in [0.15, 0.2) is 0 Å². The van der Waals surface area contributed by atoms with Gasteiger partial charge in [0.15, 0.2) is 6.29 Å². The third kappa shape index (κ3) is 0.603. The van der Waals surface area contributed by atoms with Crippen LogP contribution in [-0.4, -0.2) is 35.6 Å². The molecule has 0 bridgehead atoms. The van der Waals surface area contributed by atoms with Crippen molar-refractivity contribution < 1.29 is 9.84 Å². The Kier molecular flexibility index (Phi) is 0.854. The predicted molar refractivity (Wildman–Crippen MR) is 34.0 cm³/mol. The van der Waals surface area contributed by atoms with Gasteiger partial charge in [-0.05, 0) is 6.42 Å². The van der Waals surface area contributed by atoms with E-state index in [4.69, 9.17) is 4.74 Å². The van der Waals surface area contributed by atoms with Crippen LogP contribution in [0.1, 0.15) is 6.42 Å². The first-order chi connectivity index (χ1) is 4.86. The molecule has 4 atom stereocenters. The van der Waals surface area contributed by atoms with Gasteiger partial charge in [0, 0.05) is 24.9 Å². The number of hydrogen-bond donors (Lipinski definition) is 1. The van der Waals surface area contributed by atoms with Gasteiger partial charge in [-0.25, -0.2) is 0 Å². The highest BCUT2D eigenvalue weighted by atomic mass is 16.6. The summed E-state index contributed by atoms with van der Waals surface area (Å²) in [5.41, 5.74) is 0. The van der Waals surface area contributed by atoms with E-state index in [1.54, 1.807) is 0 Å². The number of fused-ring (bicyclic) bond motifs is 1. The Bertz CT molecular complexity index is 169. The van der Waals surface area contributed by atoms with Crippen molar-refractivity contribution in [2.45, 2.75) is 18.9 Å². The first kappa shape index (κ1) is 5.52. The maximum Gasteiger partial charge on any atom is 0.159 e. The smallest absolute Gasteiger partial charge is 0.159 e. The van der Waals surface area contributed by atoms with E-state index in [-0.39, 0.29) is 6.23 Å². The number of nitrogens with zero attached hydrogens (tertiary/aromatic N) is 1. The van der Waals surface area contributed by atoms with Crippen LogP contribution in [0, 0.1) is 11.8 Å². The summed E-state index contributed by atoms with van der Waals surface area (Å²) >= 11 is 0. The van der Waals surface area contributed by atoms with E-state index in [1.165, 1.54) is 19.5 Å². The van der Waals surface area contributed by atoms with Crippen LogP contribution in [0.4, 0.5) is 0 Å². The third-order valence-electron chi connectivity index (χ3n) is 2.74. The van der Waals surface area contributed by atoms with Gasteiger partial charge in [0.2, 0.25) is 0 Å². The highest BCUT2D eigenvalue weighted by Gasteiger charge is 2.58. The fourth-order valence-corrected chi connectivity index (χ4v) is 1.91. The van der Waals surface area contributed by atoms with Crippen molar-refractivity contribution in [1.29, 1.82) is 0 Å². The van der Waals surface area contributed by atoms with Crippen LogP contribution in [0.25, 0.3) is 0 Å². The predicted octanol–water partition coefficient (Wildman–Crippen LogP) is -0.387. The molecule has 0 aromatic heterocycles. The van der Waals surface area contributed by atoms with Gasteiger partial charge in [0.1, 0.15) is 6.23 Å². The second-order valence-corrected chi connectivity index (χ2v) is 3.52. The molecule has 2 heterocycles. The summed E-state index contributed by atoms with van der Waals surface area (Å²) < 4.78 is 5.33. The fourth-order valence-electron chi connectivity index (χ4n) is 1.91. The average Bonchev–Trinajstić information content (AvgIpc) is 2.81. The average molecular weight is 141 g/mol. The van der Waals surface area contributed by atoms with Crippen molar-refractivity contribution in [3.05, 3.63) is 0 Å². The summed E-state index contributed by atoms with van der Waals surface area (Å²) in [6.07, 6.45) is 1.01. The Morgan fingerprint density at radius 3 is 2.50 bits per heavy atom. The van der Waals surface area contributed by atoms with Crippen molar-refractivity contribution in [3.63, 3.8) is 0 Å². The fraction of sp³-hybridized carbons (Fsp3) is 1.00. The van der Waals surface area contributed by atoms with Gasteiger partial charge < -0.3 is 9.84 Å². The van der Waals surface area contributed by atoms with Crippen LogP contribution in [0.5, 0.6) is 0 Å². The summed E-state index contributed by atoms with van der Waals surface area (Å²) in [6.45, 7) is 2.33. The monoisotopic (exact) mass is 141 g/mol. The number of aliphatic hydroxyl groups is 1. The van der Waals surface area contributed by atoms with Crippen molar-refractivity contribution in [2.24, 2.45) is 11.8 Å². The minimum Gasteiger partial charge on any atom is -0.368 e. The van der Waals surface area contributed by atoms with Crippen LogP contribution in [0.2, 0.25) is 0 Å². The van der Waals surface area contributed by atoms with Crippen molar-refractivity contribution in [2.75, 3.05) is 13.1 Å². The van der Waals surface area contributed by atoms with Crippen LogP contribution in [-0.2, 0) is 4.74 Å². The topological polar surface area (TPSA) is 32.5 Å². The van der Waals surface area contributed by atoms with Gasteiger partial charge in [-0.2, -0.15) is 0 Å². The maximum atomic E-state index is 9.24. The van der Waals surface area contributed by atoms with Gasteiger partial charge in [0.05, 0.1) is 0 Å². The second-order valence-electron chi connectivity index (χ2n) is 3.52. The maximum absolute atomic E-state index is 9.24. The lowest BCUT2D eigenvalue weighted by molar-refractivity contribution is -0.139. The number of rotatable bonds is 1. The molecule has 2 saturated heterocycles. The summed E-state index contributed by atoms with van der Waals surface area (Å²) in [4.78, 5) is 2.28. The Hall–Kier alpha value is -0.120. The molecule has 3 aliphatic rings. The largest absolute Gasteiger partial charge is 0.368 e. The van der Waals surface area contributed by atoms with Crippen molar-refractivity contribution >= 4 is 0 Å². The van der Waals surface area contributed by atoms with Gasteiger partial charge >= 0.3 is 0 Å². The highest BCUT2D eigenvalue weighted by molar-refractivity contribution is 5.01. The van der Waals surface area contributed by atoms with Crippen LogP contribution < -0.4 is 0 Å². The number of hydrogen-bond acceptors (Lipinski definition) is 3. The van der Waals surface area contributed by atoms with E-state index in [0.29, 0.717) is 11.8 Å². The molecule has 0 amide bonds. The molecule has 0 aromatic carbocycles. The minimum absolute atomic E-state index is 0.278. The Labute approximate surface area is 59.6 Å². The summed E-state index contributed by atoms with van der Waals surface area (Å²) in [5.74, 6) is 1.14. The Morgan fingerprint density at radius 1 is 1.30 bits per heavy atom. The number of ether oxygens (including phenoxy) is 1. The lowest BCUT2D eigenvalue weighted by Crippen LogP contribution is -2.23. The standard InChI is InChI=1S/C7H11NO2/c9-7-5-3-4(5)6(10-7)8-1-2-8/h4-7,9H,1-3H2. The van der Waals surface area contributed by atoms with E-state index in [2.05, 4.69) is 4.90 Å². The quantitative estimate of drug-likeness (QED) is 0.505. The molecule has 10 heavy (non-hydrogen) atoms. The molecule has 1 aliphatic carbocycles. The molecule has 3 nitrogen and oxygen atoms in total. The summed E-state index contributed by atoms with van der Waals surface area (Å²) in [7, 11) is 0. The zero-order chi connectivity index (χ0) is 6.72. The summed E-state index contributed by atoms with van der Waals surface area (Å²) in [5, 5.41) is 9.24. The van der Waals surface area contributed by atoms with Gasteiger partial charge in [-0.1, -0.05) is 0 Å². The molecule has 1 N–H and O–H groups in total. The molecule has 1 saturated carbocycles. The molecular formula is C7H11NO2. The van der Waals surface area contributed by atoms with Crippen molar-refractivity contribution in [3.8, 4) is 0 Å². The Balaban J connectivity index is 1.76. The molecule has 3 heteroatoms. The normalized spacial score (nSPS) is 58.5. The van der Waals surface area contributed by atoms with E-state index < -0.39 is 6.29 Å². The minimum atomic E-state index is -0.449. The molecule has 0 spiro atoms. The lowest BCUT2D eigenvalue weighted by Gasteiger charge is -2.14. The second kappa shape index (κ2) is 1.55. The molecule has 3 rings (SSSR count). The molecule has 0 aromatic rings. The first-order valence-electron chi connectivity index (χ1n) is 3.94. The lowest BCUT2D eigenvalue weighted by atomic mass is 10.3. The SMILES string of the molecule is OC1OC(N2CC2)C2CC12. The van der Waals surface area contributed by atoms with Gasteiger partial charge in [-0.3, -0.25) is 4.90 Å². The van der Waals surface area contributed by atoms with Crippen LogP contribution >= 0.6 is 0 Å². The molecule has 2 aliphatic heterocycles. The highest BCUT2D eigenvalue weighted by Crippen LogP contribution is 2.53. The third-order valence-corrected chi connectivity index (χ3v) is 2.74. The molecule has 56 valence electrons. The van der Waals surface area contributed by atoms with Crippen LogP contribution in [0.3, 0.4) is 0 Å². The summed E-state index contributed by atoms with van der Waals surface area (Å²) in [6, 6.07) is 0. The molecule has 0 radical (unpaired) electrons. The molecular weight excluding hydrogens is 130 g/mol. The van der Waals surface area contributed by atoms with Crippen molar-refractivity contribution in [1.82, 2.24) is 4.90 Å². The zero-order valence-corrected chi connectivity index (χ0v) is 5.73. The first-order valence-corrected chi connectivity index (χ1v) is 3.94.